The van der Waals surface area contributed by atoms with Gasteiger partial charge in [-0.05, 0) is 37.0 Å². The maximum Gasteiger partial charge on any atom is 0.242 e. The molecule has 3 aromatic rings. The average Bonchev–Trinajstić information content (AvgIpc) is 3.05. The molecule has 0 bridgehead atoms. The second-order valence-corrected chi connectivity index (χ2v) is 7.63. The van der Waals surface area contributed by atoms with Crippen LogP contribution in [-0.4, -0.2) is 33.4 Å². The van der Waals surface area contributed by atoms with Gasteiger partial charge in [-0.15, -0.1) is 0 Å². The Balaban J connectivity index is 1.58. The van der Waals surface area contributed by atoms with Crippen LogP contribution in [0.2, 0.25) is 0 Å². The van der Waals surface area contributed by atoms with Crippen molar-refractivity contribution in [2.75, 3.05) is 13.1 Å². The Morgan fingerprint density at radius 2 is 1.69 bits per heavy atom. The van der Waals surface area contributed by atoms with Crippen molar-refractivity contribution in [1.82, 2.24) is 14.5 Å². The summed E-state index contributed by atoms with van der Waals surface area (Å²) in [4.78, 5) is 19.6. The summed E-state index contributed by atoms with van der Waals surface area (Å²) >= 11 is 1.70. The number of nitrogens with zero attached hydrogens (tertiary/aromatic N) is 3. The number of benzene rings is 2. The highest BCUT2D eigenvalue weighted by atomic mass is 32.2. The molecule has 1 fully saturated rings. The van der Waals surface area contributed by atoms with Gasteiger partial charge in [0.15, 0.2) is 5.16 Å². The zero-order valence-electron chi connectivity index (χ0n) is 14.8. The summed E-state index contributed by atoms with van der Waals surface area (Å²) in [5.74, 6) is 1.05. The van der Waals surface area contributed by atoms with Gasteiger partial charge in [0.2, 0.25) is 5.91 Å². The van der Waals surface area contributed by atoms with Crippen LogP contribution in [0.15, 0.2) is 59.8 Å². The number of imidazole rings is 1. The maximum absolute atomic E-state index is 12.8. The molecule has 1 saturated heterocycles. The molecule has 0 saturated carbocycles. The van der Waals surface area contributed by atoms with E-state index in [1.54, 1.807) is 11.8 Å². The number of carbonyl (C=O) groups excluding carboxylic acids is 1. The first-order chi connectivity index (χ1) is 12.8. The third-order valence-electron chi connectivity index (χ3n) is 4.83. The van der Waals surface area contributed by atoms with Crippen LogP contribution in [0.25, 0.3) is 11.0 Å². The lowest BCUT2D eigenvalue weighted by atomic mass is 10.1. The van der Waals surface area contributed by atoms with Gasteiger partial charge in [0.25, 0.3) is 0 Å². The third-order valence-corrected chi connectivity index (χ3v) is 5.88. The summed E-state index contributed by atoms with van der Waals surface area (Å²) in [5, 5.41) is 0.917. The predicted octanol–water partition coefficient (Wildman–Crippen LogP) is 4.34. The van der Waals surface area contributed by atoms with E-state index < -0.39 is 0 Å². The Morgan fingerprint density at radius 1 is 0.962 bits per heavy atom. The molecule has 0 unspecified atom stereocenters. The van der Waals surface area contributed by atoms with Gasteiger partial charge in [0, 0.05) is 18.8 Å². The van der Waals surface area contributed by atoms with E-state index >= 15 is 0 Å². The van der Waals surface area contributed by atoms with Crippen LogP contribution in [0.4, 0.5) is 0 Å². The minimum Gasteiger partial charge on any atom is -0.341 e. The largest absolute Gasteiger partial charge is 0.341 e. The molecule has 2 aromatic carbocycles. The molecule has 26 heavy (non-hydrogen) atoms. The average molecular weight is 366 g/mol. The first-order valence-electron chi connectivity index (χ1n) is 9.21. The molecular formula is C21H23N3OS. The van der Waals surface area contributed by atoms with E-state index in [9.17, 15) is 4.79 Å². The van der Waals surface area contributed by atoms with Crippen LogP contribution in [0.1, 0.15) is 24.8 Å². The van der Waals surface area contributed by atoms with Crippen molar-refractivity contribution < 1.29 is 4.79 Å². The van der Waals surface area contributed by atoms with Gasteiger partial charge in [0.1, 0.15) is 6.54 Å². The van der Waals surface area contributed by atoms with Crippen LogP contribution in [-0.2, 0) is 17.1 Å². The van der Waals surface area contributed by atoms with Crippen molar-refractivity contribution in [1.29, 1.82) is 0 Å². The fourth-order valence-corrected chi connectivity index (χ4v) is 4.39. The molecule has 1 aliphatic rings. The fraction of sp³-hybridized carbons (Fsp3) is 0.333. The molecule has 0 radical (unpaired) electrons. The summed E-state index contributed by atoms with van der Waals surface area (Å²) in [5.41, 5.74) is 3.25. The number of aromatic nitrogens is 2. The summed E-state index contributed by atoms with van der Waals surface area (Å²) in [6.45, 7) is 2.15. The van der Waals surface area contributed by atoms with Crippen LogP contribution >= 0.6 is 11.8 Å². The molecule has 4 rings (SSSR count). The van der Waals surface area contributed by atoms with Crippen LogP contribution in [0.5, 0.6) is 0 Å². The normalized spacial score (nSPS) is 14.7. The number of para-hydroxylation sites is 2. The smallest absolute Gasteiger partial charge is 0.242 e. The fourth-order valence-electron chi connectivity index (χ4n) is 3.42. The molecule has 1 aliphatic heterocycles. The number of likely N-dealkylation sites (tertiary alicyclic amines) is 1. The topological polar surface area (TPSA) is 38.1 Å². The lowest BCUT2D eigenvalue weighted by molar-refractivity contribution is -0.132. The standard InChI is InChI=1S/C21H23N3OS/c25-20(23-13-7-2-8-14-23)15-24-19-12-6-5-11-18(19)22-21(24)26-16-17-9-3-1-4-10-17/h1,3-6,9-12H,2,7-8,13-16H2. The minimum atomic E-state index is 0.203. The zero-order valence-corrected chi connectivity index (χ0v) is 15.6. The summed E-state index contributed by atoms with van der Waals surface area (Å²) in [6.07, 6.45) is 3.47. The number of hydrogen-bond acceptors (Lipinski definition) is 3. The van der Waals surface area contributed by atoms with Gasteiger partial charge >= 0.3 is 0 Å². The number of rotatable bonds is 5. The maximum atomic E-state index is 12.8. The van der Waals surface area contributed by atoms with Crippen LogP contribution in [0, 0.1) is 0 Å². The van der Waals surface area contributed by atoms with E-state index in [1.165, 1.54) is 12.0 Å². The number of piperidine rings is 1. The molecule has 0 atom stereocenters. The van der Waals surface area contributed by atoms with Crippen LogP contribution in [0.3, 0.4) is 0 Å². The van der Waals surface area contributed by atoms with Gasteiger partial charge in [-0.1, -0.05) is 54.2 Å². The Hall–Kier alpha value is -2.27. The lowest BCUT2D eigenvalue weighted by Gasteiger charge is -2.27. The van der Waals surface area contributed by atoms with Crippen molar-refractivity contribution in [3.05, 3.63) is 60.2 Å². The highest BCUT2D eigenvalue weighted by Crippen LogP contribution is 2.27. The Labute approximate surface area is 158 Å². The number of amides is 1. The predicted molar refractivity (Wildman–Crippen MR) is 106 cm³/mol. The monoisotopic (exact) mass is 365 g/mol. The Bertz CT molecular complexity index is 885. The Morgan fingerprint density at radius 3 is 2.50 bits per heavy atom. The van der Waals surface area contributed by atoms with Gasteiger partial charge < -0.3 is 9.47 Å². The van der Waals surface area contributed by atoms with Crippen molar-refractivity contribution >= 4 is 28.7 Å². The van der Waals surface area contributed by atoms with Crippen molar-refractivity contribution in [3.63, 3.8) is 0 Å². The van der Waals surface area contributed by atoms with Crippen molar-refractivity contribution in [3.8, 4) is 0 Å². The second kappa shape index (κ2) is 7.96. The van der Waals surface area contributed by atoms with Crippen molar-refractivity contribution in [2.45, 2.75) is 36.7 Å². The SMILES string of the molecule is O=C(Cn1c(SCc2ccccc2)nc2ccccc21)N1CCCCC1. The first kappa shape index (κ1) is 17.2. The third kappa shape index (κ3) is 3.78. The molecule has 134 valence electrons. The Kier molecular flexibility index (Phi) is 5.25. The molecule has 5 heteroatoms. The quantitative estimate of drug-likeness (QED) is 0.631. The van der Waals surface area contributed by atoms with E-state index in [0.717, 1.165) is 47.9 Å². The molecular weight excluding hydrogens is 342 g/mol. The first-order valence-corrected chi connectivity index (χ1v) is 10.2. The molecule has 1 aromatic heterocycles. The minimum absolute atomic E-state index is 0.203. The molecule has 1 amide bonds. The van der Waals surface area contributed by atoms with Crippen LogP contribution < -0.4 is 0 Å². The zero-order chi connectivity index (χ0) is 17.8. The van der Waals surface area contributed by atoms with E-state index in [1.807, 2.05) is 29.2 Å². The van der Waals surface area contributed by atoms with E-state index in [2.05, 4.69) is 34.9 Å². The molecule has 0 N–H and O–H groups in total. The van der Waals surface area contributed by atoms with Gasteiger partial charge in [-0.3, -0.25) is 4.79 Å². The molecule has 2 heterocycles. The number of hydrogen-bond donors (Lipinski definition) is 0. The summed E-state index contributed by atoms with van der Waals surface area (Å²) in [7, 11) is 0. The van der Waals surface area contributed by atoms with E-state index in [4.69, 9.17) is 4.98 Å². The highest BCUT2D eigenvalue weighted by Gasteiger charge is 2.20. The molecule has 4 nitrogen and oxygen atoms in total. The van der Waals surface area contributed by atoms with E-state index in [-0.39, 0.29) is 5.91 Å². The number of carbonyl (C=O) groups is 1. The number of thioether (sulfide) groups is 1. The molecule has 0 aliphatic carbocycles. The highest BCUT2D eigenvalue weighted by molar-refractivity contribution is 7.98. The summed E-state index contributed by atoms with van der Waals surface area (Å²) in [6, 6.07) is 18.5. The second-order valence-electron chi connectivity index (χ2n) is 6.68. The van der Waals surface area contributed by atoms with Gasteiger partial charge in [-0.2, -0.15) is 0 Å². The van der Waals surface area contributed by atoms with Gasteiger partial charge in [-0.25, -0.2) is 4.98 Å². The van der Waals surface area contributed by atoms with E-state index in [0.29, 0.717) is 6.54 Å². The molecule has 0 spiro atoms. The summed E-state index contributed by atoms with van der Waals surface area (Å²) < 4.78 is 2.08. The lowest BCUT2D eigenvalue weighted by Crippen LogP contribution is -2.37. The van der Waals surface area contributed by atoms with Gasteiger partial charge in [0.05, 0.1) is 11.0 Å². The number of fused-ring (bicyclic) bond motifs is 1. The van der Waals surface area contributed by atoms with Crippen molar-refractivity contribution in [2.24, 2.45) is 0 Å².